The molecule has 0 atom stereocenters. The van der Waals surface area contributed by atoms with Gasteiger partial charge < -0.3 is 0 Å². The molecule has 0 aromatic heterocycles. The predicted octanol–water partition coefficient (Wildman–Crippen LogP) is 3.18. The second kappa shape index (κ2) is 2.89. The number of rotatable bonds is 0. The van der Waals surface area contributed by atoms with Crippen molar-refractivity contribution >= 4 is 29.9 Å². The predicted molar refractivity (Wildman–Crippen MR) is 49.1 cm³/mol. The molecule has 0 aliphatic carbocycles. The van der Waals surface area contributed by atoms with E-state index >= 15 is 0 Å². The van der Waals surface area contributed by atoms with Crippen molar-refractivity contribution in [1.29, 1.82) is 0 Å². The molecule has 0 spiro atoms. The first-order chi connectivity index (χ1) is 3.71. The van der Waals surface area contributed by atoms with Crippen LogP contribution in [0.1, 0.15) is 19.3 Å². The topological polar surface area (TPSA) is 0 Å². The fraction of sp³-hybridized carbons (Fsp3) is 1.00. The Morgan fingerprint density at radius 3 is 1.88 bits per heavy atom. The van der Waals surface area contributed by atoms with Gasteiger partial charge in [0, 0.05) is 0 Å². The van der Waals surface area contributed by atoms with Crippen LogP contribution < -0.4 is 0 Å². The summed E-state index contributed by atoms with van der Waals surface area (Å²) in [4.78, 5) is 0. The summed E-state index contributed by atoms with van der Waals surface area (Å²) in [6, 6.07) is 0. The van der Waals surface area contributed by atoms with Crippen molar-refractivity contribution in [3.8, 4) is 0 Å². The van der Waals surface area contributed by atoms with E-state index in [2.05, 4.69) is 26.2 Å². The molecule has 50 valence electrons. The summed E-state index contributed by atoms with van der Waals surface area (Å²) in [6.07, 6.45) is 4.56. The van der Waals surface area contributed by atoms with E-state index in [-0.39, 0.29) is 0 Å². The first-order valence-electron chi connectivity index (χ1n) is 3.14. The molecule has 0 radical (unpaired) electrons. The number of halogens is 1. The standard InChI is InChI=1S/C6H13ISe/c1-8(7)5-3-2-4-6-8/h2-6H2,1H3. The maximum atomic E-state index is 2.75. The Hall–Kier alpha value is 1.25. The molecular weight excluding hydrogens is 278 g/mol. The zero-order valence-corrected chi connectivity index (χ0v) is 9.19. The first-order valence-corrected chi connectivity index (χ1v) is 12.5. The molecule has 1 rings (SSSR count). The third kappa shape index (κ3) is 2.24. The molecule has 1 heterocycles. The van der Waals surface area contributed by atoms with Gasteiger partial charge in [0.2, 0.25) is 0 Å². The summed E-state index contributed by atoms with van der Waals surface area (Å²) >= 11 is 2.75. The monoisotopic (exact) mass is 292 g/mol. The van der Waals surface area contributed by atoms with E-state index in [0.717, 1.165) is 0 Å². The zero-order chi connectivity index (χ0) is 6.04. The molecule has 0 aromatic carbocycles. The summed E-state index contributed by atoms with van der Waals surface area (Å²) in [5.41, 5.74) is 0. The van der Waals surface area contributed by atoms with E-state index in [9.17, 15) is 0 Å². The van der Waals surface area contributed by atoms with Gasteiger partial charge in [0.15, 0.2) is 0 Å². The number of hydrogen-bond acceptors (Lipinski definition) is 0. The fourth-order valence-electron chi connectivity index (χ4n) is 1.08. The van der Waals surface area contributed by atoms with Crippen LogP contribution >= 0.6 is 20.3 Å². The molecule has 1 saturated heterocycles. The van der Waals surface area contributed by atoms with Crippen LogP contribution in [0.2, 0.25) is 16.5 Å². The molecule has 0 N–H and O–H groups in total. The Balaban J connectivity index is 2.33. The molecule has 2 heteroatoms. The SMILES string of the molecule is C[Se]1(I)CCCCC1. The number of hydrogen-bond donors (Lipinski definition) is 0. The van der Waals surface area contributed by atoms with Gasteiger partial charge in [-0.2, -0.15) is 0 Å². The molecule has 0 amide bonds. The summed E-state index contributed by atoms with van der Waals surface area (Å²) in [7, 11) is -0.779. The van der Waals surface area contributed by atoms with E-state index in [1.54, 1.807) is 10.6 Å². The van der Waals surface area contributed by atoms with Crippen molar-refractivity contribution in [1.82, 2.24) is 0 Å². The van der Waals surface area contributed by atoms with Gasteiger partial charge in [0.25, 0.3) is 0 Å². The molecule has 1 aliphatic heterocycles. The molecule has 0 nitrogen and oxygen atoms in total. The summed E-state index contributed by atoms with van der Waals surface area (Å²) in [6.45, 7) is 0. The van der Waals surface area contributed by atoms with Crippen molar-refractivity contribution in [2.24, 2.45) is 0 Å². The van der Waals surface area contributed by atoms with Gasteiger partial charge in [-0.15, -0.1) is 0 Å². The van der Waals surface area contributed by atoms with Gasteiger partial charge in [0.1, 0.15) is 0 Å². The van der Waals surface area contributed by atoms with Crippen LogP contribution in [0.5, 0.6) is 0 Å². The normalized spacial score (nSPS) is 31.8. The van der Waals surface area contributed by atoms with Crippen molar-refractivity contribution in [3.05, 3.63) is 0 Å². The van der Waals surface area contributed by atoms with E-state index < -0.39 is 9.60 Å². The molecule has 1 aliphatic rings. The average Bonchev–Trinajstić information content (AvgIpc) is 1.65. The van der Waals surface area contributed by atoms with Crippen LogP contribution in [0.15, 0.2) is 0 Å². The first kappa shape index (κ1) is 7.36. The van der Waals surface area contributed by atoms with Crippen molar-refractivity contribution < 1.29 is 0 Å². The Morgan fingerprint density at radius 2 is 1.62 bits per heavy atom. The second-order valence-corrected chi connectivity index (χ2v) is 20.2. The molecule has 0 bridgehead atoms. The average molecular weight is 291 g/mol. The van der Waals surface area contributed by atoms with Crippen molar-refractivity contribution in [2.45, 2.75) is 35.7 Å². The van der Waals surface area contributed by atoms with Crippen LogP contribution in [0.25, 0.3) is 0 Å². The quantitative estimate of drug-likeness (QED) is 0.475. The van der Waals surface area contributed by atoms with Crippen molar-refractivity contribution in [2.75, 3.05) is 0 Å². The molecule has 0 saturated carbocycles. The van der Waals surface area contributed by atoms with E-state index in [1.165, 1.54) is 19.3 Å². The summed E-state index contributed by atoms with van der Waals surface area (Å²) in [5.74, 6) is 2.52. The minimum atomic E-state index is -0.779. The van der Waals surface area contributed by atoms with Crippen LogP contribution in [-0.2, 0) is 0 Å². The zero-order valence-electron chi connectivity index (χ0n) is 5.32. The van der Waals surface area contributed by atoms with Crippen LogP contribution in [0.4, 0.5) is 0 Å². The van der Waals surface area contributed by atoms with Gasteiger partial charge in [-0.3, -0.25) is 0 Å². The fourth-order valence-corrected chi connectivity index (χ4v) is 8.13. The molecule has 8 heavy (non-hydrogen) atoms. The van der Waals surface area contributed by atoms with E-state index in [0.29, 0.717) is 0 Å². The molecule has 0 aromatic rings. The summed E-state index contributed by atoms with van der Waals surface area (Å²) < 4.78 is 0. The van der Waals surface area contributed by atoms with E-state index in [4.69, 9.17) is 0 Å². The third-order valence-corrected chi connectivity index (χ3v) is 11.0. The Kier molecular flexibility index (Phi) is 2.66. The Labute approximate surface area is 65.4 Å². The van der Waals surface area contributed by atoms with Gasteiger partial charge in [-0.05, 0) is 0 Å². The van der Waals surface area contributed by atoms with Crippen molar-refractivity contribution in [3.63, 3.8) is 0 Å². The maximum absolute atomic E-state index is 2.75. The van der Waals surface area contributed by atoms with Gasteiger partial charge in [-0.25, -0.2) is 0 Å². The Morgan fingerprint density at radius 1 is 1.12 bits per heavy atom. The molecule has 1 fully saturated rings. The molecule has 0 unspecified atom stereocenters. The van der Waals surface area contributed by atoms with Crippen LogP contribution in [-0.4, -0.2) is 9.60 Å². The second-order valence-electron chi connectivity index (χ2n) is 2.62. The molecular formula is C6H13ISe. The van der Waals surface area contributed by atoms with E-state index in [1.807, 2.05) is 0 Å². The van der Waals surface area contributed by atoms with Crippen LogP contribution in [0, 0.1) is 0 Å². The summed E-state index contributed by atoms with van der Waals surface area (Å²) in [5, 5.41) is 3.19. The third-order valence-electron chi connectivity index (χ3n) is 1.64. The van der Waals surface area contributed by atoms with Gasteiger partial charge in [-0.1, -0.05) is 0 Å². The van der Waals surface area contributed by atoms with Gasteiger partial charge >= 0.3 is 65.7 Å². The Bertz CT molecular complexity index is 72.6. The minimum absolute atomic E-state index is 0.779. The van der Waals surface area contributed by atoms with Gasteiger partial charge in [0.05, 0.1) is 0 Å². The van der Waals surface area contributed by atoms with Crippen LogP contribution in [0.3, 0.4) is 0 Å².